The number of benzene rings is 2. The van der Waals surface area contributed by atoms with Crippen molar-refractivity contribution in [2.75, 3.05) is 17.2 Å². The Balaban J connectivity index is 1.29. The Hall–Kier alpha value is -3.61. The molecule has 2 unspecified atom stereocenters. The molecule has 0 amide bonds. The van der Waals surface area contributed by atoms with Crippen LogP contribution in [-0.4, -0.2) is 26.7 Å². The smallest absolute Gasteiger partial charge is 0.104 e. The Morgan fingerprint density at radius 3 is 2.89 bits per heavy atom. The minimum absolute atomic E-state index is 0.507. The molecule has 5 N–H and O–H groups in total. The normalized spacial score (nSPS) is 17.8. The monoisotopic (exact) mass is 468 g/mol. The van der Waals surface area contributed by atoms with Crippen LogP contribution in [0.2, 0.25) is 0 Å². The van der Waals surface area contributed by atoms with Crippen LogP contribution in [0.3, 0.4) is 0 Å². The number of aromatic nitrogens is 2. The highest BCUT2D eigenvalue weighted by molar-refractivity contribution is 5.86. The van der Waals surface area contributed by atoms with Gasteiger partial charge in [0.25, 0.3) is 0 Å². The molecule has 1 aliphatic carbocycles. The molecule has 0 saturated heterocycles. The van der Waals surface area contributed by atoms with E-state index >= 15 is 0 Å². The number of nitrogens with one attached hydrogen (secondary N) is 3. The van der Waals surface area contributed by atoms with Crippen molar-refractivity contribution < 1.29 is 10.2 Å². The molecule has 2 heterocycles. The van der Waals surface area contributed by atoms with E-state index in [2.05, 4.69) is 51.4 Å². The molecule has 0 spiro atoms. The van der Waals surface area contributed by atoms with Crippen molar-refractivity contribution in [2.45, 2.75) is 44.8 Å². The molecule has 0 saturated carbocycles. The average Bonchev–Trinajstić information content (AvgIpc) is 3.40. The first-order valence-electron chi connectivity index (χ1n) is 12.1. The van der Waals surface area contributed by atoms with Gasteiger partial charge in [-0.2, -0.15) is 0 Å². The number of hydrogen-bond donors (Lipinski definition) is 5. The number of H-pyrrole nitrogens is 1. The third-order valence-electron chi connectivity index (χ3n) is 6.97. The average molecular weight is 469 g/mol. The van der Waals surface area contributed by atoms with Crippen LogP contribution >= 0.6 is 0 Å². The lowest BCUT2D eigenvalue weighted by atomic mass is 10.0. The molecule has 180 valence electrons. The minimum Gasteiger partial charge on any atom is -0.389 e. The van der Waals surface area contributed by atoms with Gasteiger partial charge in [0.05, 0.1) is 17.3 Å². The number of aliphatic hydroxyl groups excluding tert-OH is 1. The molecule has 6 nitrogen and oxygen atoms in total. The first-order chi connectivity index (χ1) is 16.9. The van der Waals surface area contributed by atoms with E-state index in [1.165, 1.54) is 5.56 Å². The molecule has 35 heavy (non-hydrogen) atoms. The lowest BCUT2D eigenvalue weighted by Crippen LogP contribution is -2.18. The van der Waals surface area contributed by atoms with Crippen molar-refractivity contribution in [3.8, 4) is 0 Å². The summed E-state index contributed by atoms with van der Waals surface area (Å²) in [6.45, 7) is 8.39. The predicted molar refractivity (Wildman–Crippen MR) is 143 cm³/mol. The van der Waals surface area contributed by atoms with Crippen LogP contribution in [0.15, 0.2) is 61.4 Å². The molecule has 2 atom stereocenters. The summed E-state index contributed by atoms with van der Waals surface area (Å²) in [7, 11) is 0. The number of pyridine rings is 1. The van der Waals surface area contributed by atoms with Gasteiger partial charge in [-0.3, -0.25) is 4.98 Å². The van der Waals surface area contributed by atoms with E-state index in [1.807, 2.05) is 37.4 Å². The summed E-state index contributed by atoms with van der Waals surface area (Å²) in [6, 6.07) is 14.2. The molecule has 0 radical (unpaired) electrons. The molecular weight excluding hydrogens is 436 g/mol. The predicted octanol–water partition coefficient (Wildman–Crippen LogP) is 5.81. The van der Waals surface area contributed by atoms with Gasteiger partial charge in [0.2, 0.25) is 0 Å². The van der Waals surface area contributed by atoms with Gasteiger partial charge in [-0.25, -0.2) is 0 Å². The van der Waals surface area contributed by atoms with E-state index in [-0.39, 0.29) is 0 Å². The Morgan fingerprint density at radius 2 is 2.09 bits per heavy atom. The topological polar surface area (TPSA) is 93.2 Å². The number of fused-ring (bicyclic) bond motifs is 2. The number of hydrogen-bond acceptors (Lipinski definition) is 5. The van der Waals surface area contributed by atoms with E-state index in [9.17, 15) is 10.2 Å². The summed E-state index contributed by atoms with van der Waals surface area (Å²) in [5.74, 6) is 0. The Kier molecular flexibility index (Phi) is 6.09. The maximum absolute atomic E-state index is 10.6. The quantitative estimate of drug-likeness (QED) is 0.225. The van der Waals surface area contributed by atoms with E-state index in [0.29, 0.717) is 6.42 Å². The molecule has 5 rings (SSSR count). The van der Waals surface area contributed by atoms with Crippen LogP contribution in [0.25, 0.3) is 17.0 Å². The fourth-order valence-electron chi connectivity index (χ4n) is 5.06. The number of aliphatic hydroxyl groups is 2. The molecule has 2 aromatic heterocycles. The van der Waals surface area contributed by atoms with Crippen LogP contribution in [0, 0.1) is 0 Å². The number of nitrogens with zero attached hydrogens (tertiary/aromatic N) is 1. The summed E-state index contributed by atoms with van der Waals surface area (Å²) < 4.78 is 0. The SMILES string of the molecule is C=Cc1cc(Nc2ccnc3c2CCC3(C)O)ccc1NCCc1c[nH]c2c(C(C)O)cccc12. The second kappa shape index (κ2) is 9.21. The standard InChI is InChI=1S/C29H32N4O2/c1-4-19-16-21(33-26-12-15-31-28-24(26)10-13-29(28,3)35)8-9-25(19)30-14-11-20-17-32-27-22(18(2)34)6-5-7-23(20)27/h4-9,12,15-18,30,32,34-35H,1,10-11,13-14H2,2-3H3,(H,31,33). The zero-order chi connectivity index (χ0) is 24.6. The summed E-state index contributed by atoms with van der Waals surface area (Å²) in [4.78, 5) is 7.75. The third-order valence-corrected chi connectivity index (χ3v) is 6.97. The highest BCUT2D eigenvalue weighted by Crippen LogP contribution is 2.39. The molecule has 6 heteroatoms. The van der Waals surface area contributed by atoms with E-state index < -0.39 is 11.7 Å². The highest BCUT2D eigenvalue weighted by Gasteiger charge is 2.34. The molecule has 0 aliphatic heterocycles. The summed E-state index contributed by atoms with van der Waals surface area (Å²) in [5, 5.41) is 28.8. The first kappa shape index (κ1) is 23.1. The molecule has 0 bridgehead atoms. The third kappa shape index (κ3) is 4.43. The van der Waals surface area contributed by atoms with Crippen molar-refractivity contribution in [2.24, 2.45) is 0 Å². The van der Waals surface area contributed by atoms with Gasteiger partial charge in [0.15, 0.2) is 0 Å². The molecule has 4 aromatic rings. The van der Waals surface area contributed by atoms with Crippen molar-refractivity contribution in [3.63, 3.8) is 0 Å². The fourth-order valence-corrected chi connectivity index (χ4v) is 5.06. The summed E-state index contributed by atoms with van der Waals surface area (Å²) in [5.41, 5.74) is 8.12. The van der Waals surface area contributed by atoms with Crippen molar-refractivity contribution in [1.29, 1.82) is 0 Å². The lowest BCUT2D eigenvalue weighted by molar-refractivity contribution is 0.0554. The Morgan fingerprint density at radius 1 is 1.23 bits per heavy atom. The number of para-hydroxylation sites is 1. The zero-order valence-electron chi connectivity index (χ0n) is 20.2. The Labute approximate surface area is 205 Å². The van der Waals surface area contributed by atoms with Gasteiger partial charge in [-0.1, -0.05) is 30.9 Å². The lowest BCUT2D eigenvalue weighted by Gasteiger charge is -2.17. The number of aromatic amines is 1. The van der Waals surface area contributed by atoms with E-state index in [4.69, 9.17) is 0 Å². The summed E-state index contributed by atoms with van der Waals surface area (Å²) >= 11 is 0. The van der Waals surface area contributed by atoms with E-state index in [0.717, 1.165) is 69.7 Å². The zero-order valence-corrected chi connectivity index (χ0v) is 20.2. The maximum atomic E-state index is 10.6. The molecule has 1 aliphatic rings. The van der Waals surface area contributed by atoms with Crippen LogP contribution in [0.4, 0.5) is 17.1 Å². The van der Waals surface area contributed by atoms with Crippen LogP contribution in [-0.2, 0) is 18.4 Å². The summed E-state index contributed by atoms with van der Waals surface area (Å²) in [6.07, 6.45) is 7.47. The van der Waals surface area contributed by atoms with Crippen LogP contribution in [0.1, 0.15) is 54.3 Å². The highest BCUT2D eigenvalue weighted by atomic mass is 16.3. The number of anilines is 3. The van der Waals surface area contributed by atoms with Crippen molar-refractivity contribution in [3.05, 3.63) is 89.4 Å². The minimum atomic E-state index is -0.865. The van der Waals surface area contributed by atoms with Crippen molar-refractivity contribution in [1.82, 2.24) is 9.97 Å². The molecular formula is C29H32N4O2. The fraction of sp³-hybridized carbons (Fsp3) is 0.276. The largest absolute Gasteiger partial charge is 0.389 e. The van der Waals surface area contributed by atoms with Gasteiger partial charge in [0.1, 0.15) is 5.60 Å². The van der Waals surface area contributed by atoms with Gasteiger partial charge in [-0.05, 0) is 68.5 Å². The second-order valence-corrected chi connectivity index (χ2v) is 9.53. The van der Waals surface area contributed by atoms with Crippen molar-refractivity contribution >= 4 is 34.0 Å². The molecule has 0 fully saturated rings. The van der Waals surface area contributed by atoms with Gasteiger partial charge in [-0.15, -0.1) is 0 Å². The van der Waals surface area contributed by atoms with Gasteiger partial charge < -0.3 is 25.8 Å². The van der Waals surface area contributed by atoms with E-state index in [1.54, 1.807) is 13.1 Å². The van der Waals surface area contributed by atoms with Gasteiger partial charge >= 0.3 is 0 Å². The van der Waals surface area contributed by atoms with Crippen LogP contribution in [0.5, 0.6) is 0 Å². The van der Waals surface area contributed by atoms with Crippen LogP contribution < -0.4 is 10.6 Å². The number of rotatable bonds is 8. The maximum Gasteiger partial charge on any atom is 0.104 e. The molecule has 2 aromatic carbocycles. The second-order valence-electron chi connectivity index (χ2n) is 9.53. The van der Waals surface area contributed by atoms with Gasteiger partial charge in [0, 0.05) is 52.5 Å². The Bertz CT molecular complexity index is 1390. The first-order valence-corrected chi connectivity index (χ1v) is 12.1.